The minimum Gasteiger partial charge on any atom is -0.459 e. The Hall–Kier alpha value is -3.08. The van der Waals surface area contributed by atoms with Gasteiger partial charge < -0.3 is 14.5 Å². The summed E-state index contributed by atoms with van der Waals surface area (Å²) in [4.78, 5) is 24.1. The van der Waals surface area contributed by atoms with E-state index in [1.807, 2.05) is 56.3 Å². The predicted molar refractivity (Wildman–Crippen MR) is 94.2 cm³/mol. The summed E-state index contributed by atoms with van der Waals surface area (Å²) in [5, 5.41) is 3.75. The van der Waals surface area contributed by atoms with Gasteiger partial charge in [0.1, 0.15) is 11.3 Å². The summed E-state index contributed by atoms with van der Waals surface area (Å²) < 4.78 is 10.8. The van der Waals surface area contributed by atoms with Crippen molar-refractivity contribution in [1.82, 2.24) is 5.32 Å². The minimum absolute atomic E-state index is 0.322. The molecule has 5 heteroatoms. The van der Waals surface area contributed by atoms with Crippen molar-refractivity contribution in [2.45, 2.75) is 19.9 Å². The minimum atomic E-state index is -0.510. The van der Waals surface area contributed by atoms with E-state index in [0.717, 1.165) is 16.5 Å². The Labute approximate surface area is 145 Å². The molecule has 1 aromatic heterocycles. The number of nitrogens with one attached hydrogen (secondary N) is 1. The molecule has 0 aliphatic heterocycles. The Balaban J connectivity index is 1.57. The van der Waals surface area contributed by atoms with E-state index in [-0.39, 0.29) is 18.6 Å². The molecule has 1 heterocycles. The highest BCUT2D eigenvalue weighted by Gasteiger charge is 2.16. The highest BCUT2D eigenvalue weighted by atomic mass is 16.5. The lowest BCUT2D eigenvalue weighted by Crippen LogP contribution is -2.31. The summed E-state index contributed by atoms with van der Waals surface area (Å²) in [5.74, 6) is -0.237. The fourth-order valence-electron chi connectivity index (χ4n) is 2.58. The van der Waals surface area contributed by atoms with Crippen LogP contribution in [0.2, 0.25) is 0 Å². The third kappa shape index (κ3) is 3.88. The fourth-order valence-corrected chi connectivity index (χ4v) is 2.58. The van der Waals surface area contributed by atoms with Crippen LogP contribution in [0.25, 0.3) is 11.0 Å². The first-order valence-corrected chi connectivity index (χ1v) is 8.05. The number of ether oxygens (including phenoxy) is 1. The standard InChI is InChI=1S/C20H19NO4/c1-13-7-3-5-9-16(13)20(23)24-12-19(22)21-14(2)18-11-15-8-4-6-10-17(15)25-18/h3-11,14H,12H2,1-2H3,(H,21,22)/t14-/m0/s1. The van der Waals surface area contributed by atoms with Crippen LogP contribution < -0.4 is 5.32 Å². The Kier molecular flexibility index (Phi) is 4.84. The molecule has 1 atom stereocenters. The van der Waals surface area contributed by atoms with E-state index in [2.05, 4.69) is 5.32 Å². The Morgan fingerprint density at radius 1 is 1.12 bits per heavy atom. The first-order valence-electron chi connectivity index (χ1n) is 8.05. The number of hydrogen-bond acceptors (Lipinski definition) is 4. The maximum atomic E-state index is 12.0. The highest BCUT2D eigenvalue weighted by Crippen LogP contribution is 2.23. The molecule has 5 nitrogen and oxygen atoms in total. The van der Waals surface area contributed by atoms with Gasteiger partial charge >= 0.3 is 5.97 Å². The number of carbonyl (C=O) groups is 2. The van der Waals surface area contributed by atoms with E-state index >= 15 is 0 Å². The maximum Gasteiger partial charge on any atom is 0.338 e. The Morgan fingerprint density at radius 2 is 1.84 bits per heavy atom. The molecule has 0 unspecified atom stereocenters. The molecule has 0 spiro atoms. The number of amides is 1. The summed E-state index contributed by atoms with van der Waals surface area (Å²) in [6, 6.07) is 16.3. The maximum absolute atomic E-state index is 12.0. The van der Waals surface area contributed by atoms with Gasteiger partial charge in [-0.3, -0.25) is 4.79 Å². The van der Waals surface area contributed by atoms with Gasteiger partial charge in [-0.15, -0.1) is 0 Å². The summed E-state index contributed by atoms with van der Waals surface area (Å²) in [6.45, 7) is 3.30. The van der Waals surface area contributed by atoms with Crippen LogP contribution in [0, 0.1) is 6.92 Å². The van der Waals surface area contributed by atoms with Crippen molar-refractivity contribution >= 4 is 22.8 Å². The second-order valence-corrected chi connectivity index (χ2v) is 5.87. The van der Waals surface area contributed by atoms with E-state index in [9.17, 15) is 9.59 Å². The third-order valence-electron chi connectivity index (χ3n) is 3.95. The molecular weight excluding hydrogens is 318 g/mol. The van der Waals surface area contributed by atoms with Crippen molar-refractivity contribution < 1.29 is 18.7 Å². The molecule has 0 saturated heterocycles. The molecule has 128 valence electrons. The molecule has 25 heavy (non-hydrogen) atoms. The summed E-state index contributed by atoms with van der Waals surface area (Å²) in [6.07, 6.45) is 0. The number of aryl methyl sites for hydroxylation is 1. The van der Waals surface area contributed by atoms with Crippen LogP contribution in [-0.2, 0) is 9.53 Å². The van der Waals surface area contributed by atoms with Crippen LogP contribution in [0.5, 0.6) is 0 Å². The number of fused-ring (bicyclic) bond motifs is 1. The van der Waals surface area contributed by atoms with Crippen LogP contribution in [0.3, 0.4) is 0 Å². The van der Waals surface area contributed by atoms with Gasteiger partial charge in [0, 0.05) is 5.39 Å². The van der Waals surface area contributed by atoms with Crippen LogP contribution >= 0.6 is 0 Å². The van der Waals surface area contributed by atoms with Gasteiger partial charge in [-0.1, -0.05) is 36.4 Å². The van der Waals surface area contributed by atoms with E-state index in [1.54, 1.807) is 12.1 Å². The van der Waals surface area contributed by atoms with E-state index in [0.29, 0.717) is 11.3 Å². The van der Waals surface area contributed by atoms with Gasteiger partial charge in [0.2, 0.25) is 0 Å². The molecular formula is C20H19NO4. The topological polar surface area (TPSA) is 68.5 Å². The largest absolute Gasteiger partial charge is 0.459 e. The molecule has 1 amide bonds. The van der Waals surface area contributed by atoms with Crippen LogP contribution in [0.1, 0.15) is 34.6 Å². The van der Waals surface area contributed by atoms with Crippen molar-refractivity contribution in [3.8, 4) is 0 Å². The van der Waals surface area contributed by atoms with E-state index in [4.69, 9.17) is 9.15 Å². The van der Waals surface area contributed by atoms with Crippen LogP contribution in [0.4, 0.5) is 0 Å². The van der Waals surface area contributed by atoms with Crippen molar-refractivity contribution in [1.29, 1.82) is 0 Å². The van der Waals surface area contributed by atoms with Crippen molar-refractivity contribution in [2.24, 2.45) is 0 Å². The normalized spacial score (nSPS) is 11.9. The molecule has 2 aromatic carbocycles. The van der Waals surface area contributed by atoms with Gasteiger partial charge in [0.25, 0.3) is 5.91 Å². The lowest BCUT2D eigenvalue weighted by atomic mass is 10.1. The molecule has 0 aliphatic carbocycles. The van der Waals surface area contributed by atoms with Crippen molar-refractivity contribution in [3.63, 3.8) is 0 Å². The first-order chi connectivity index (χ1) is 12.0. The SMILES string of the molecule is Cc1ccccc1C(=O)OCC(=O)N[C@@H](C)c1cc2ccccc2o1. The van der Waals surface area contributed by atoms with Crippen LogP contribution in [0.15, 0.2) is 59.0 Å². The van der Waals surface area contributed by atoms with Gasteiger partial charge in [0.05, 0.1) is 11.6 Å². The average molecular weight is 337 g/mol. The molecule has 3 aromatic rings. The van der Waals surface area contributed by atoms with E-state index < -0.39 is 5.97 Å². The zero-order chi connectivity index (χ0) is 17.8. The predicted octanol–water partition coefficient (Wildman–Crippen LogP) is 3.78. The van der Waals surface area contributed by atoms with Crippen molar-refractivity contribution in [3.05, 3.63) is 71.5 Å². The molecule has 0 fully saturated rings. The fraction of sp³-hybridized carbons (Fsp3) is 0.200. The molecule has 0 radical (unpaired) electrons. The molecule has 0 aliphatic rings. The number of furan rings is 1. The number of benzene rings is 2. The zero-order valence-corrected chi connectivity index (χ0v) is 14.1. The van der Waals surface area contributed by atoms with Gasteiger partial charge in [-0.05, 0) is 37.6 Å². The quantitative estimate of drug-likeness (QED) is 0.720. The second kappa shape index (κ2) is 7.21. The second-order valence-electron chi connectivity index (χ2n) is 5.87. The lowest BCUT2D eigenvalue weighted by Gasteiger charge is -2.12. The molecule has 0 bridgehead atoms. The van der Waals surface area contributed by atoms with Crippen LogP contribution in [-0.4, -0.2) is 18.5 Å². The van der Waals surface area contributed by atoms with Crippen molar-refractivity contribution in [2.75, 3.05) is 6.61 Å². The number of carbonyl (C=O) groups excluding carboxylic acids is 2. The monoisotopic (exact) mass is 337 g/mol. The Morgan fingerprint density at radius 3 is 2.60 bits per heavy atom. The summed E-state index contributed by atoms with van der Waals surface area (Å²) in [7, 11) is 0. The third-order valence-corrected chi connectivity index (χ3v) is 3.95. The average Bonchev–Trinajstić information content (AvgIpc) is 3.04. The number of para-hydroxylation sites is 1. The molecule has 0 saturated carbocycles. The number of esters is 1. The summed E-state index contributed by atoms with van der Waals surface area (Å²) in [5.41, 5.74) is 2.04. The highest BCUT2D eigenvalue weighted by molar-refractivity contribution is 5.92. The first kappa shape index (κ1) is 16.8. The lowest BCUT2D eigenvalue weighted by molar-refractivity contribution is -0.125. The molecule has 1 N–H and O–H groups in total. The van der Waals surface area contributed by atoms with E-state index in [1.165, 1.54) is 0 Å². The van der Waals surface area contributed by atoms with Gasteiger partial charge in [-0.2, -0.15) is 0 Å². The number of hydrogen-bond donors (Lipinski definition) is 1. The van der Waals surface area contributed by atoms with Gasteiger partial charge in [0.15, 0.2) is 6.61 Å². The summed E-state index contributed by atoms with van der Waals surface area (Å²) >= 11 is 0. The number of rotatable bonds is 5. The molecule has 3 rings (SSSR count). The smallest absolute Gasteiger partial charge is 0.338 e. The Bertz CT molecular complexity index is 880. The van der Waals surface area contributed by atoms with Gasteiger partial charge in [-0.25, -0.2) is 4.79 Å². The zero-order valence-electron chi connectivity index (χ0n) is 14.1.